The number of aromatic nitrogens is 2. The fraction of sp³-hybridized carbons (Fsp3) is 0.500. The molecule has 5 nitrogen and oxygen atoms in total. The van der Waals surface area contributed by atoms with Crippen molar-refractivity contribution in [1.82, 2.24) is 9.78 Å². The maximum atomic E-state index is 8.66. The summed E-state index contributed by atoms with van der Waals surface area (Å²) in [6.07, 6.45) is 2.41. The Labute approximate surface area is 75.7 Å². The molecule has 0 radical (unpaired) electrons. The average molecular weight is 178 g/mol. The van der Waals surface area contributed by atoms with E-state index < -0.39 is 0 Å². The van der Waals surface area contributed by atoms with Crippen LogP contribution in [0.2, 0.25) is 0 Å². The Balaban J connectivity index is 2.30. The molecule has 0 aromatic carbocycles. The van der Waals surface area contributed by atoms with E-state index in [4.69, 9.17) is 15.7 Å². The number of anilines is 1. The number of rotatable bonds is 1. The Kier molecular flexibility index (Phi) is 1.91. The fourth-order valence-corrected chi connectivity index (χ4v) is 1.46. The molecule has 0 bridgehead atoms. The second-order valence-electron chi connectivity index (χ2n) is 3.02. The molecule has 0 spiro atoms. The quantitative estimate of drug-likeness (QED) is 0.670. The number of nitriles is 1. The van der Waals surface area contributed by atoms with Gasteiger partial charge in [0.05, 0.1) is 18.8 Å². The van der Waals surface area contributed by atoms with Crippen LogP contribution in [0.3, 0.4) is 0 Å². The molecule has 1 fully saturated rings. The molecule has 1 atom stereocenters. The van der Waals surface area contributed by atoms with Gasteiger partial charge < -0.3 is 10.5 Å². The lowest BCUT2D eigenvalue weighted by Gasteiger charge is -2.09. The smallest absolute Gasteiger partial charge is 0.140 e. The monoisotopic (exact) mass is 178 g/mol. The fourth-order valence-electron chi connectivity index (χ4n) is 1.46. The van der Waals surface area contributed by atoms with Gasteiger partial charge in [-0.15, -0.1) is 0 Å². The zero-order chi connectivity index (χ0) is 9.26. The van der Waals surface area contributed by atoms with Crippen molar-refractivity contribution in [3.8, 4) is 6.07 Å². The van der Waals surface area contributed by atoms with Crippen LogP contribution in [0.5, 0.6) is 0 Å². The Hall–Kier alpha value is -1.54. The van der Waals surface area contributed by atoms with E-state index in [2.05, 4.69) is 5.10 Å². The lowest BCUT2D eigenvalue weighted by Crippen LogP contribution is -2.13. The van der Waals surface area contributed by atoms with Crippen molar-refractivity contribution in [3.63, 3.8) is 0 Å². The number of ether oxygens (including phenoxy) is 1. The molecule has 68 valence electrons. The second-order valence-corrected chi connectivity index (χ2v) is 3.02. The molecule has 2 N–H and O–H groups in total. The minimum absolute atomic E-state index is 0.196. The van der Waals surface area contributed by atoms with Gasteiger partial charge in [-0.25, -0.2) is 4.68 Å². The largest absolute Gasteiger partial charge is 0.383 e. The SMILES string of the molecule is N#Cc1cnn(C2CCOC2)c1N. The minimum atomic E-state index is 0.196. The van der Waals surface area contributed by atoms with Crippen LogP contribution in [0.4, 0.5) is 5.82 Å². The van der Waals surface area contributed by atoms with E-state index in [0.717, 1.165) is 13.0 Å². The highest BCUT2D eigenvalue weighted by atomic mass is 16.5. The molecule has 2 heterocycles. The maximum absolute atomic E-state index is 8.66. The highest BCUT2D eigenvalue weighted by Crippen LogP contribution is 2.22. The Bertz CT molecular complexity index is 346. The summed E-state index contributed by atoms with van der Waals surface area (Å²) in [5.74, 6) is 0.443. The van der Waals surface area contributed by atoms with E-state index >= 15 is 0 Å². The van der Waals surface area contributed by atoms with Crippen LogP contribution in [-0.4, -0.2) is 23.0 Å². The van der Waals surface area contributed by atoms with E-state index in [1.54, 1.807) is 4.68 Å². The van der Waals surface area contributed by atoms with Crippen LogP contribution in [0.25, 0.3) is 0 Å². The van der Waals surface area contributed by atoms with Gasteiger partial charge in [-0.05, 0) is 6.42 Å². The van der Waals surface area contributed by atoms with Gasteiger partial charge in [-0.2, -0.15) is 10.4 Å². The molecule has 1 aliphatic rings. The van der Waals surface area contributed by atoms with Gasteiger partial charge in [-0.1, -0.05) is 0 Å². The Morgan fingerprint density at radius 3 is 3.15 bits per heavy atom. The standard InChI is InChI=1S/C8H10N4O/c9-3-6-4-11-12(8(6)10)7-1-2-13-5-7/h4,7H,1-2,5,10H2. The van der Waals surface area contributed by atoms with Gasteiger partial charge in [0, 0.05) is 6.61 Å². The molecule has 1 aliphatic heterocycles. The lowest BCUT2D eigenvalue weighted by atomic mass is 10.2. The summed E-state index contributed by atoms with van der Waals surface area (Å²) in [5, 5.41) is 12.7. The summed E-state index contributed by atoms with van der Waals surface area (Å²) >= 11 is 0. The molecule has 1 unspecified atom stereocenters. The van der Waals surface area contributed by atoms with Crippen LogP contribution in [0.15, 0.2) is 6.20 Å². The van der Waals surface area contributed by atoms with Gasteiger partial charge in [0.2, 0.25) is 0 Å². The van der Waals surface area contributed by atoms with Crippen LogP contribution in [-0.2, 0) is 4.74 Å². The molecule has 1 aromatic heterocycles. The van der Waals surface area contributed by atoms with Crippen molar-refractivity contribution in [2.45, 2.75) is 12.5 Å². The third-order valence-electron chi connectivity index (χ3n) is 2.21. The van der Waals surface area contributed by atoms with Crippen molar-refractivity contribution in [1.29, 1.82) is 5.26 Å². The third-order valence-corrected chi connectivity index (χ3v) is 2.21. The van der Waals surface area contributed by atoms with E-state index in [1.807, 2.05) is 6.07 Å². The van der Waals surface area contributed by atoms with Crippen molar-refractivity contribution >= 4 is 5.82 Å². The lowest BCUT2D eigenvalue weighted by molar-refractivity contribution is 0.185. The highest BCUT2D eigenvalue weighted by molar-refractivity contribution is 5.47. The Morgan fingerprint density at radius 1 is 1.77 bits per heavy atom. The third kappa shape index (κ3) is 1.25. The molecule has 0 saturated carbocycles. The average Bonchev–Trinajstić information content (AvgIpc) is 2.72. The first kappa shape index (κ1) is 8.08. The number of hydrogen-bond donors (Lipinski definition) is 1. The Morgan fingerprint density at radius 2 is 2.62 bits per heavy atom. The molecule has 0 amide bonds. The topological polar surface area (TPSA) is 76.9 Å². The first-order valence-electron chi connectivity index (χ1n) is 4.13. The summed E-state index contributed by atoms with van der Waals surface area (Å²) in [4.78, 5) is 0. The van der Waals surface area contributed by atoms with Crippen LogP contribution in [0, 0.1) is 11.3 Å². The summed E-state index contributed by atoms with van der Waals surface area (Å²) in [6, 6.07) is 2.19. The van der Waals surface area contributed by atoms with Crippen molar-refractivity contribution in [2.24, 2.45) is 0 Å². The molecule has 0 aliphatic carbocycles. The van der Waals surface area contributed by atoms with Crippen LogP contribution >= 0.6 is 0 Å². The summed E-state index contributed by atoms with van der Waals surface area (Å²) in [6.45, 7) is 1.38. The van der Waals surface area contributed by atoms with Gasteiger partial charge >= 0.3 is 0 Å². The van der Waals surface area contributed by atoms with Gasteiger partial charge in [0.1, 0.15) is 17.5 Å². The van der Waals surface area contributed by atoms with Gasteiger partial charge in [0.25, 0.3) is 0 Å². The summed E-state index contributed by atoms with van der Waals surface area (Å²) < 4.78 is 6.88. The zero-order valence-electron chi connectivity index (χ0n) is 7.10. The molecular weight excluding hydrogens is 168 g/mol. The maximum Gasteiger partial charge on any atom is 0.140 e. The minimum Gasteiger partial charge on any atom is -0.383 e. The molecule has 1 saturated heterocycles. The van der Waals surface area contributed by atoms with E-state index in [1.165, 1.54) is 6.20 Å². The highest BCUT2D eigenvalue weighted by Gasteiger charge is 2.21. The molecule has 13 heavy (non-hydrogen) atoms. The normalized spacial score (nSPS) is 21.6. The zero-order valence-corrected chi connectivity index (χ0v) is 7.10. The summed E-state index contributed by atoms with van der Waals surface area (Å²) in [7, 11) is 0. The van der Waals surface area contributed by atoms with Crippen molar-refractivity contribution < 1.29 is 4.74 Å². The first-order chi connectivity index (χ1) is 6.33. The predicted octanol–water partition coefficient (Wildman–Crippen LogP) is 0.298. The van der Waals surface area contributed by atoms with Gasteiger partial charge in [-0.3, -0.25) is 0 Å². The molecule has 5 heteroatoms. The summed E-state index contributed by atoms with van der Waals surface area (Å²) in [5.41, 5.74) is 6.15. The van der Waals surface area contributed by atoms with Crippen molar-refractivity contribution in [3.05, 3.63) is 11.8 Å². The number of nitrogen functional groups attached to an aromatic ring is 1. The first-order valence-corrected chi connectivity index (χ1v) is 4.13. The van der Waals surface area contributed by atoms with Crippen LogP contribution < -0.4 is 5.73 Å². The number of nitrogens with two attached hydrogens (primary N) is 1. The van der Waals surface area contributed by atoms with Gasteiger partial charge in [0.15, 0.2) is 0 Å². The van der Waals surface area contributed by atoms with Crippen molar-refractivity contribution in [2.75, 3.05) is 18.9 Å². The number of nitrogens with zero attached hydrogens (tertiary/aromatic N) is 3. The van der Waals surface area contributed by atoms with Crippen LogP contribution in [0.1, 0.15) is 18.0 Å². The van der Waals surface area contributed by atoms with E-state index in [9.17, 15) is 0 Å². The van der Waals surface area contributed by atoms with E-state index in [0.29, 0.717) is 18.0 Å². The predicted molar refractivity (Wildman–Crippen MR) is 45.8 cm³/mol. The molecular formula is C8H10N4O. The molecule has 1 aromatic rings. The number of hydrogen-bond acceptors (Lipinski definition) is 4. The molecule has 2 rings (SSSR count). The second kappa shape index (κ2) is 3.07. The van der Waals surface area contributed by atoms with E-state index in [-0.39, 0.29) is 6.04 Å².